The average Bonchev–Trinajstić information content (AvgIpc) is 3.35. The van der Waals surface area contributed by atoms with E-state index in [0.717, 1.165) is 74.8 Å². The Morgan fingerprint density at radius 1 is 1.29 bits per heavy atom. The Balaban J connectivity index is 1.59. The summed E-state index contributed by atoms with van der Waals surface area (Å²) in [6.45, 7) is 7.46. The number of anilines is 1. The summed E-state index contributed by atoms with van der Waals surface area (Å²) in [6, 6.07) is 9.74. The Morgan fingerprint density at radius 3 is 2.89 bits per heavy atom. The van der Waals surface area contributed by atoms with Crippen LogP contribution in [0.25, 0.3) is 11.0 Å². The van der Waals surface area contributed by atoms with Gasteiger partial charge in [-0.15, -0.1) is 11.3 Å². The third-order valence-corrected chi connectivity index (χ3v) is 5.90. The first kappa shape index (κ1) is 19.1. The minimum atomic E-state index is -0.0756. The fraction of sp³-hybridized carbons (Fsp3) is 0.429. The Bertz CT molecular complexity index is 929. The van der Waals surface area contributed by atoms with Crippen LogP contribution in [0.2, 0.25) is 0 Å². The SMILES string of the molecule is CCCCn1c(CN2CCOCC2)nc2cc(NC(=O)c3cccs3)ccc21. The first-order valence-electron chi connectivity index (χ1n) is 9.88. The van der Waals surface area contributed by atoms with Crippen molar-refractivity contribution in [2.45, 2.75) is 32.9 Å². The van der Waals surface area contributed by atoms with Gasteiger partial charge in [-0.1, -0.05) is 19.4 Å². The summed E-state index contributed by atoms with van der Waals surface area (Å²) in [5.74, 6) is 1.01. The molecule has 0 saturated carbocycles. The highest BCUT2D eigenvalue weighted by Crippen LogP contribution is 2.23. The molecular formula is C21H26N4O2S. The summed E-state index contributed by atoms with van der Waals surface area (Å²) in [6.07, 6.45) is 2.27. The standard InChI is InChI=1S/C21H26N4O2S/c1-2-3-8-25-18-7-6-16(22-21(26)19-5-4-13-28-19)14-17(18)23-20(25)15-24-9-11-27-12-10-24/h4-7,13-14H,2-3,8-12,15H2,1H3,(H,22,26). The highest BCUT2D eigenvalue weighted by Gasteiger charge is 2.17. The monoisotopic (exact) mass is 398 g/mol. The second kappa shape index (κ2) is 8.86. The lowest BCUT2D eigenvalue weighted by Crippen LogP contribution is -2.36. The lowest BCUT2D eigenvalue weighted by molar-refractivity contribution is 0.0326. The number of nitrogens with one attached hydrogen (secondary N) is 1. The Morgan fingerprint density at radius 2 is 2.14 bits per heavy atom. The highest BCUT2D eigenvalue weighted by molar-refractivity contribution is 7.12. The molecule has 0 radical (unpaired) electrons. The summed E-state index contributed by atoms with van der Waals surface area (Å²) in [5.41, 5.74) is 2.85. The lowest BCUT2D eigenvalue weighted by atomic mass is 10.2. The van der Waals surface area contributed by atoms with E-state index < -0.39 is 0 Å². The second-order valence-electron chi connectivity index (χ2n) is 7.06. The van der Waals surface area contributed by atoms with Crippen molar-refractivity contribution in [2.24, 2.45) is 0 Å². The predicted octanol–water partition coefficient (Wildman–Crippen LogP) is 3.98. The number of aryl methyl sites for hydroxylation is 1. The third-order valence-electron chi connectivity index (χ3n) is 5.03. The Hall–Kier alpha value is -2.22. The van der Waals surface area contributed by atoms with Crippen LogP contribution in [0.15, 0.2) is 35.7 Å². The van der Waals surface area contributed by atoms with Gasteiger partial charge < -0.3 is 14.6 Å². The molecule has 148 valence electrons. The molecule has 1 aromatic carbocycles. The van der Waals surface area contributed by atoms with Crippen molar-refractivity contribution in [1.29, 1.82) is 0 Å². The van der Waals surface area contributed by atoms with Gasteiger partial charge in [0.25, 0.3) is 5.91 Å². The van der Waals surface area contributed by atoms with E-state index in [-0.39, 0.29) is 5.91 Å². The third kappa shape index (κ3) is 4.27. The minimum absolute atomic E-state index is 0.0756. The van der Waals surface area contributed by atoms with Gasteiger partial charge in [0, 0.05) is 25.3 Å². The van der Waals surface area contributed by atoms with Gasteiger partial charge in [0.1, 0.15) is 5.82 Å². The molecule has 28 heavy (non-hydrogen) atoms. The number of aromatic nitrogens is 2. The van der Waals surface area contributed by atoms with Crippen LogP contribution in [0, 0.1) is 0 Å². The minimum Gasteiger partial charge on any atom is -0.379 e. The molecule has 1 saturated heterocycles. The zero-order valence-electron chi connectivity index (χ0n) is 16.2. The van der Waals surface area contributed by atoms with Crippen molar-refractivity contribution in [3.63, 3.8) is 0 Å². The van der Waals surface area contributed by atoms with Crippen molar-refractivity contribution in [3.05, 3.63) is 46.4 Å². The maximum Gasteiger partial charge on any atom is 0.265 e. The molecule has 1 aliphatic heterocycles. The van der Waals surface area contributed by atoms with Crippen LogP contribution in [-0.2, 0) is 17.8 Å². The van der Waals surface area contributed by atoms with Gasteiger partial charge >= 0.3 is 0 Å². The maximum absolute atomic E-state index is 12.3. The molecule has 4 rings (SSSR count). The summed E-state index contributed by atoms with van der Waals surface area (Å²) in [4.78, 5) is 20.4. The first-order valence-corrected chi connectivity index (χ1v) is 10.8. The zero-order chi connectivity index (χ0) is 19.3. The molecule has 3 aromatic rings. The molecule has 6 nitrogen and oxygen atoms in total. The van der Waals surface area contributed by atoms with E-state index in [9.17, 15) is 4.79 Å². The van der Waals surface area contributed by atoms with E-state index in [1.54, 1.807) is 0 Å². The smallest absolute Gasteiger partial charge is 0.265 e. The number of morpholine rings is 1. The van der Waals surface area contributed by atoms with Crippen LogP contribution in [0.3, 0.4) is 0 Å². The molecule has 0 aliphatic carbocycles. The van der Waals surface area contributed by atoms with Crippen molar-refractivity contribution in [2.75, 3.05) is 31.6 Å². The van der Waals surface area contributed by atoms with Gasteiger partial charge in [-0.3, -0.25) is 9.69 Å². The Kier molecular flexibility index (Phi) is 6.04. The van der Waals surface area contributed by atoms with Crippen LogP contribution < -0.4 is 5.32 Å². The number of amides is 1. The molecule has 1 aliphatic rings. The fourth-order valence-electron chi connectivity index (χ4n) is 3.50. The molecule has 1 N–H and O–H groups in total. The average molecular weight is 399 g/mol. The number of hydrogen-bond donors (Lipinski definition) is 1. The molecule has 2 aromatic heterocycles. The number of carbonyl (C=O) groups excluding carboxylic acids is 1. The molecule has 3 heterocycles. The molecule has 0 unspecified atom stereocenters. The van der Waals surface area contributed by atoms with Crippen LogP contribution in [0.4, 0.5) is 5.69 Å². The largest absolute Gasteiger partial charge is 0.379 e. The predicted molar refractivity (Wildman–Crippen MR) is 113 cm³/mol. The number of fused-ring (bicyclic) bond motifs is 1. The lowest BCUT2D eigenvalue weighted by Gasteiger charge is -2.26. The van der Waals surface area contributed by atoms with Gasteiger partial charge in [0.15, 0.2) is 0 Å². The van der Waals surface area contributed by atoms with Gasteiger partial charge in [-0.25, -0.2) is 4.98 Å². The maximum atomic E-state index is 12.3. The van der Waals surface area contributed by atoms with Gasteiger partial charge in [0.2, 0.25) is 0 Å². The van der Waals surface area contributed by atoms with Crippen molar-refractivity contribution >= 4 is 34.0 Å². The number of imidazole rings is 1. The second-order valence-corrected chi connectivity index (χ2v) is 8.00. The van der Waals surface area contributed by atoms with Crippen molar-refractivity contribution in [1.82, 2.24) is 14.5 Å². The fourth-order valence-corrected chi connectivity index (χ4v) is 4.12. The molecular weight excluding hydrogens is 372 g/mol. The number of hydrogen-bond acceptors (Lipinski definition) is 5. The number of carbonyl (C=O) groups is 1. The number of benzene rings is 1. The number of ether oxygens (including phenoxy) is 1. The van der Waals surface area contributed by atoms with Crippen molar-refractivity contribution < 1.29 is 9.53 Å². The van der Waals surface area contributed by atoms with Crippen LogP contribution in [0.5, 0.6) is 0 Å². The summed E-state index contributed by atoms with van der Waals surface area (Å²) < 4.78 is 7.80. The topological polar surface area (TPSA) is 59.4 Å². The first-order chi connectivity index (χ1) is 13.7. The van der Waals surface area contributed by atoms with Crippen LogP contribution >= 0.6 is 11.3 Å². The summed E-state index contributed by atoms with van der Waals surface area (Å²) in [7, 11) is 0. The van der Waals surface area contributed by atoms with Gasteiger partial charge in [0.05, 0.1) is 35.7 Å². The number of thiophene rings is 1. The van der Waals surface area contributed by atoms with E-state index in [1.807, 2.05) is 29.6 Å². The quantitative estimate of drug-likeness (QED) is 0.654. The van der Waals surface area contributed by atoms with E-state index in [0.29, 0.717) is 4.88 Å². The van der Waals surface area contributed by atoms with Crippen LogP contribution in [0.1, 0.15) is 35.3 Å². The molecule has 0 spiro atoms. The molecule has 0 atom stereocenters. The molecule has 1 fully saturated rings. The Labute approximate surface area is 169 Å². The van der Waals surface area contributed by atoms with Gasteiger partial charge in [-0.2, -0.15) is 0 Å². The molecule has 0 bridgehead atoms. The van der Waals surface area contributed by atoms with E-state index in [4.69, 9.17) is 9.72 Å². The number of nitrogens with zero attached hydrogens (tertiary/aromatic N) is 3. The summed E-state index contributed by atoms with van der Waals surface area (Å²) >= 11 is 1.44. The van der Waals surface area contributed by atoms with E-state index >= 15 is 0 Å². The summed E-state index contributed by atoms with van der Waals surface area (Å²) in [5, 5.41) is 4.89. The van der Waals surface area contributed by atoms with E-state index in [2.05, 4.69) is 27.8 Å². The highest BCUT2D eigenvalue weighted by atomic mass is 32.1. The number of rotatable bonds is 7. The molecule has 7 heteroatoms. The molecule has 1 amide bonds. The van der Waals surface area contributed by atoms with E-state index in [1.165, 1.54) is 11.3 Å². The zero-order valence-corrected chi connectivity index (χ0v) is 17.0. The van der Waals surface area contributed by atoms with Gasteiger partial charge in [-0.05, 0) is 36.1 Å². The normalized spacial score (nSPS) is 15.2. The number of unbranched alkanes of at least 4 members (excludes halogenated alkanes) is 1. The van der Waals surface area contributed by atoms with Crippen LogP contribution in [-0.4, -0.2) is 46.7 Å². The van der Waals surface area contributed by atoms with Crippen molar-refractivity contribution in [3.8, 4) is 0 Å².